The number of piperazine rings is 1. The lowest BCUT2D eigenvalue weighted by atomic mass is 10.1. The zero-order valence-corrected chi connectivity index (χ0v) is 16.1. The fourth-order valence-electron chi connectivity index (χ4n) is 4.51. The molecule has 0 amide bonds. The van der Waals surface area contributed by atoms with E-state index < -0.39 is 0 Å². The van der Waals surface area contributed by atoms with Crippen LogP contribution in [0.5, 0.6) is 0 Å². The molecule has 5 nitrogen and oxygen atoms in total. The van der Waals surface area contributed by atoms with Gasteiger partial charge in [-0.15, -0.1) is 0 Å². The van der Waals surface area contributed by atoms with Gasteiger partial charge in [0.15, 0.2) is 0 Å². The Morgan fingerprint density at radius 1 is 1.07 bits per heavy atom. The first kappa shape index (κ1) is 16.8. The van der Waals surface area contributed by atoms with Crippen molar-refractivity contribution >= 4 is 28.2 Å². The third-order valence-corrected chi connectivity index (χ3v) is 6.22. The van der Waals surface area contributed by atoms with Gasteiger partial charge in [0.2, 0.25) is 0 Å². The van der Waals surface area contributed by atoms with Gasteiger partial charge in [-0.2, -0.15) is 0 Å². The van der Waals surface area contributed by atoms with Crippen LogP contribution in [-0.4, -0.2) is 46.7 Å². The maximum atomic E-state index is 13.0. The summed E-state index contributed by atoms with van der Waals surface area (Å²) < 4.78 is 1.61. The van der Waals surface area contributed by atoms with Crippen LogP contribution < -0.4 is 10.5 Å². The van der Waals surface area contributed by atoms with Crippen molar-refractivity contribution in [1.82, 2.24) is 14.5 Å². The number of benzene rings is 2. The summed E-state index contributed by atoms with van der Waals surface area (Å²) in [6, 6.07) is 14.7. The molecule has 0 saturated carbocycles. The highest BCUT2D eigenvalue weighted by Crippen LogP contribution is 2.34. The number of hydrogen-bond donors (Lipinski definition) is 0. The lowest BCUT2D eigenvalue weighted by Crippen LogP contribution is -2.44. The van der Waals surface area contributed by atoms with E-state index in [-0.39, 0.29) is 5.56 Å². The summed E-state index contributed by atoms with van der Waals surface area (Å²) in [7, 11) is 3.96. The maximum absolute atomic E-state index is 13.0. The molecule has 2 bridgehead atoms. The predicted molar refractivity (Wildman–Crippen MR) is 110 cm³/mol. The number of likely N-dealkylation sites (N-methyl/N-ethyl adjacent to an activating group) is 1. The molecule has 0 spiro atoms. The quantitative estimate of drug-likeness (QED) is 0.685. The molecule has 0 aliphatic carbocycles. The largest absolute Gasteiger partial charge is 0.366 e. The van der Waals surface area contributed by atoms with E-state index in [2.05, 4.69) is 22.9 Å². The zero-order valence-electron chi connectivity index (χ0n) is 15.4. The van der Waals surface area contributed by atoms with Gasteiger partial charge in [0.05, 0.1) is 10.9 Å². The summed E-state index contributed by atoms with van der Waals surface area (Å²) in [6.45, 7) is 2.12. The summed E-state index contributed by atoms with van der Waals surface area (Å²) in [4.78, 5) is 22.7. The van der Waals surface area contributed by atoms with Crippen molar-refractivity contribution in [2.75, 3.05) is 25.0 Å². The molecule has 0 radical (unpaired) electrons. The average Bonchev–Trinajstić information content (AvgIpc) is 3.24. The lowest BCUT2D eigenvalue weighted by molar-refractivity contribution is 0.292. The topological polar surface area (TPSA) is 41.4 Å². The summed E-state index contributed by atoms with van der Waals surface area (Å²) in [6.07, 6.45) is 1.21. The molecular formula is C21H21ClN4O. The monoisotopic (exact) mass is 380 g/mol. The second kappa shape index (κ2) is 6.08. The number of anilines is 1. The number of nitrogens with zero attached hydrogens (tertiary/aromatic N) is 4. The van der Waals surface area contributed by atoms with Gasteiger partial charge >= 0.3 is 0 Å². The van der Waals surface area contributed by atoms with Gasteiger partial charge in [0, 0.05) is 48.5 Å². The highest BCUT2D eigenvalue weighted by Gasteiger charge is 2.41. The SMILES string of the molecule is CN1C[C@@H]2C[C@H]1CN2c1ccc2nc(-c3cccc(Cl)c3)n(C)c(=O)c2c1. The molecule has 0 N–H and O–H groups in total. The molecule has 3 aromatic rings. The average molecular weight is 381 g/mol. The van der Waals surface area contributed by atoms with Crippen molar-refractivity contribution in [3.8, 4) is 11.4 Å². The fraction of sp³-hybridized carbons (Fsp3) is 0.333. The van der Waals surface area contributed by atoms with Gasteiger partial charge in [-0.25, -0.2) is 4.98 Å². The van der Waals surface area contributed by atoms with E-state index in [1.54, 1.807) is 11.6 Å². The summed E-state index contributed by atoms with van der Waals surface area (Å²) in [5, 5.41) is 1.29. The van der Waals surface area contributed by atoms with Crippen LogP contribution in [0, 0.1) is 0 Å². The maximum Gasteiger partial charge on any atom is 0.261 e. The molecule has 27 heavy (non-hydrogen) atoms. The molecule has 0 unspecified atom stereocenters. The Balaban J connectivity index is 1.60. The van der Waals surface area contributed by atoms with Crippen molar-refractivity contribution in [3.63, 3.8) is 0 Å². The molecule has 1 aromatic heterocycles. The lowest BCUT2D eigenvalue weighted by Gasteiger charge is -2.33. The zero-order chi connectivity index (χ0) is 18.7. The molecular weight excluding hydrogens is 360 g/mol. The van der Waals surface area contributed by atoms with E-state index in [9.17, 15) is 4.79 Å². The molecule has 2 aliphatic heterocycles. The summed E-state index contributed by atoms with van der Waals surface area (Å²) in [5.74, 6) is 0.629. The second-order valence-electron chi connectivity index (χ2n) is 7.65. The van der Waals surface area contributed by atoms with Crippen molar-refractivity contribution in [1.29, 1.82) is 0 Å². The molecule has 6 heteroatoms. The van der Waals surface area contributed by atoms with E-state index in [4.69, 9.17) is 16.6 Å². The molecule has 5 rings (SSSR count). The molecule has 2 aromatic carbocycles. The second-order valence-corrected chi connectivity index (χ2v) is 8.08. The van der Waals surface area contributed by atoms with Crippen LogP contribution in [-0.2, 0) is 7.05 Å². The third kappa shape index (κ3) is 2.65. The Morgan fingerprint density at radius 3 is 2.63 bits per heavy atom. The van der Waals surface area contributed by atoms with Crippen LogP contribution in [0.1, 0.15) is 6.42 Å². The summed E-state index contributed by atoms with van der Waals surface area (Å²) >= 11 is 6.12. The number of rotatable bonds is 2. The Hall–Kier alpha value is -2.37. The van der Waals surface area contributed by atoms with Gasteiger partial charge in [-0.3, -0.25) is 14.3 Å². The smallest absolute Gasteiger partial charge is 0.261 e. The molecule has 2 saturated heterocycles. The van der Waals surface area contributed by atoms with Crippen molar-refractivity contribution in [2.45, 2.75) is 18.5 Å². The Morgan fingerprint density at radius 2 is 1.93 bits per heavy atom. The number of aromatic nitrogens is 2. The predicted octanol–water partition coefficient (Wildman–Crippen LogP) is 3.15. The minimum atomic E-state index is -0.0294. The van der Waals surface area contributed by atoms with Crippen molar-refractivity contribution in [2.24, 2.45) is 7.05 Å². The van der Waals surface area contributed by atoms with Crippen LogP contribution in [0.3, 0.4) is 0 Å². The molecule has 2 atom stereocenters. The Labute approximate surface area is 162 Å². The van der Waals surface area contributed by atoms with E-state index in [0.29, 0.717) is 28.3 Å². The minimum Gasteiger partial charge on any atom is -0.366 e. The standard InChI is InChI=1S/C21H21ClN4O/c1-24-11-17-9-16(24)12-26(17)15-6-7-19-18(10-15)21(27)25(2)20(23-19)13-4-3-5-14(22)8-13/h3-8,10,16-17H,9,11-12H2,1-2H3/t16-,17-/m0/s1. The highest BCUT2D eigenvalue weighted by atomic mass is 35.5. The molecule has 2 fully saturated rings. The molecule has 3 heterocycles. The number of fused-ring (bicyclic) bond motifs is 3. The Kier molecular flexibility index (Phi) is 3.78. The minimum absolute atomic E-state index is 0.0294. The number of halogens is 1. The van der Waals surface area contributed by atoms with Crippen molar-refractivity contribution < 1.29 is 0 Å². The third-order valence-electron chi connectivity index (χ3n) is 5.99. The van der Waals surface area contributed by atoms with Crippen LogP contribution in [0.4, 0.5) is 5.69 Å². The van der Waals surface area contributed by atoms with E-state index in [0.717, 1.165) is 29.9 Å². The van der Waals surface area contributed by atoms with Crippen molar-refractivity contribution in [3.05, 3.63) is 57.8 Å². The Bertz CT molecular complexity index is 1110. The van der Waals surface area contributed by atoms with Gasteiger partial charge in [-0.1, -0.05) is 23.7 Å². The van der Waals surface area contributed by atoms with Crippen LogP contribution in [0.2, 0.25) is 5.02 Å². The summed E-state index contributed by atoms with van der Waals surface area (Å²) in [5.41, 5.74) is 2.65. The van der Waals surface area contributed by atoms with Gasteiger partial charge in [0.25, 0.3) is 5.56 Å². The van der Waals surface area contributed by atoms with Crippen LogP contribution in [0.15, 0.2) is 47.3 Å². The normalized spacial score (nSPS) is 22.1. The molecule has 138 valence electrons. The first-order chi connectivity index (χ1) is 13.0. The van der Waals surface area contributed by atoms with Gasteiger partial charge in [-0.05, 0) is 43.8 Å². The van der Waals surface area contributed by atoms with E-state index >= 15 is 0 Å². The van der Waals surface area contributed by atoms with Crippen LogP contribution >= 0.6 is 11.6 Å². The number of hydrogen-bond acceptors (Lipinski definition) is 4. The van der Waals surface area contributed by atoms with E-state index in [1.165, 1.54) is 6.42 Å². The van der Waals surface area contributed by atoms with E-state index in [1.807, 2.05) is 36.4 Å². The van der Waals surface area contributed by atoms with Gasteiger partial charge < -0.3 is 4.90 Å². The first-order valence-electron chi connectivity index (χ1n) is 9.25. The van der Waals surface area contributed by atoms with Gasteiger partial charge in [0.1, 0.15) is 5.82 Å². The fourth-order valence-corrected chi connectivity index (χ4v) is 4.70. The van der Waals surface area contributed by atoms with Crippen LogP contribution in [0.25, 0.3) is 22.3 Å². The first-order valence-corrected chi connectivity index (χ1v) is 9.62. The molecule has 2 aliphatic rings. The number of likely N-dealkylation sites (tertiary alicyclic amines) is 1. The highest BCUT2D eigenvalue weighted by molar-refractivity contribution is 6.30.